The van der Waals surface area contributed by atoms with Gasteiger partial charge in [-0.1, -0.05) is 193 Å². The highest BCUT2D eigenvalue weighted by atomic mass is 16.6. The lowest BCUT2D eigenvalue weighted by Crippen LogP contribution is -2.28. The van der Waals surface area contributed by atoms with Crippen molar-refractivity contribution >= 4 is 12.2 Å². The highest BCUT2D eigenvalue weighted by molar-refractivity contribution is 5.71. The molecule has 2 N–H and O–H groups in total. The second-order valence-corrected chi connectivity index (χ2v) is 17.0. The fourth-order valence-corrected chi connectivity index (χ4v) is 7.83. The molecule has 0 aliphatic rings. The number of nitrogens with one attached hydrogen (secondary N) is 2. The molecule has 0 radical (unpaired) electrons. The largest absolute Gasteiger partial charge is 0.412 e. The van der Waals surface area contributed by atoms with Gasteiger partial charge in [0, 0.05) is 13.1 Å². The van der Waals surface area contributed by atoms with Crippen LogP contribution in [0.1, 0.15) is 230 Å². The molecule has 2 amide bonds. The maximum absolute atomic E-state index is 12.8. The van der Waals surface area contributed by atoms with Crippen LogP contribution >= 0.6 is 0 Å². The van der Waals surface area contributed by atoms with Crippen LogP contribution < -0.4 is 20.1 Å². The fraction of sp³-hybridized carbons (Fsp3) is 0.731. The normalized spacial score (nSPS) is 11.2. The van der Waals surface area contributed by atoms with Crippen LogP contribution in [0, 0.1) is 0 Å². The van der Waals surface area contributed by atoms with E-state index < -0.39 is 0 Å². The number of carbonyl (C=O) groups excluding carboxylic acids is 2. The van der Waals surface area contributed by atoms with Gasteiger partial charge in [0.1, 0.15) is 11.5 Å². The second kappa shape index (κ2) is 35.9. The zero-order valence-electron chi connectivity index (χ0n) is 38.1. The van der Waals surface area contributed by atoms with Crippen LogP contribution in [0.4, 0.5) is 9.59 Å². The number of hydrogen-bond donors (Lipinski definition) is 2. The van der Waals surface area contributed by atoms with Crippen LogP contribution in [0.15, 0.2) is 36.4 Å². The van der Waals surface area contributed by atoms with Crippen molar-refractivity contribution in [3.63, 3.8) is 0 Å². The van der Waals surface area contributed by atoms with Crippen molar-refractivity contribution in [3.8, 4) is 11.5 Å². The number of carbonyl (C=O) groups is 2. The van der Waals surface area contributed by atoms with Gasteiger partial charge in [-0.2, -0.15) is 0 Å². The Morgan fingerprint density at radius 2 is 0.672 bits per heavy atom. The average Bonchev–Trinajstić information content (AvgIpc) is 3.22. The number of ether oxygens (including phenoxy) is 2. The first-order valence-electron chi connectivity index (χ1n) is 24.7. The number of benzene rings is 2. The topological polar surface area (TPSA) is 76.7 Å². The smallest absolute Gasteiger partial charge is 0.410 e. The molecule has 0 heterocycles. The first kappa shape index (κ1) is 51.1. The summed E-state index contributed by atoms with van der Waals surface area (Å²) in [6.45, 7) is 10.2. The van der Waals surface area contributed by atoms with Gasteiger partial charge in [0.05, 0.1) is 0 Å². The molecule has 58 heavy (non-hydrogen) atoms. The van der Waals surface area contributed by atoms with E-state index in [4.69, 9.17) is 9.47 Å². The Kier molecular flexibility index (Phi) is 31.6. The molecule has 0 fully saturated rings. The van der Waals surface area contributed by atoms with Crippen molar-refractivity contribution < 1.29 is 19.1 Å². The van der Waals surface area contributed by atoms with Gasteiger partial charge in [0.2, 0.25) is 0 Å². The van der Waals surface area contributed by atoms with E-state index in [0.717, 1.165) is 75.3 Å². The van der Waals surface area contributed by atoms with E-state index in [0.29, 0.717) is 24.6 Å². The van der Waals surface area contributed by atoms with Crippen LogP contribution in [0.2, 0.25) is 0 Å². The van der Waals surface area contributed by atoms with Crippen LogP contribution in [0.25, 0.3) is 0 Å². The predicted molar refractivity (Wildman–Crippen MR) is 248 cm³/mol. The molecule has 0 aliphatic heterocycles. The monoisotopic (exact) mass is 805 g/mol. The molecule has 2 aromatic carbocycles. The van der Waals surface area contributed by atoms with Crippen molar-refractivity contribution in [2.45, 2.75) is 233 Å². The van der Waals surface area contributed by atoms with Crippen LogP contribution in [0.5, 0.6) is 11.5 Å². The Labute approximate surface area is 357 Å². The number of hydrogen-bond acceptors (Lipinski definition) is 4. The summed E-state index contributed by atoms with van der Waals surface area (Å²) in [5.41, 5.74) is 5.03. The van der Waals surface area contributed by atoms with Crippen molar-refractivity contribution in [3.05, 3.63) is 58.7 Å². The summed E-state index contributed by atoms with van der Waals surface area (Å²) in [5, 5.41) is 5.93. The summed E-state index contributed by atoms with van der Waals surface area (Å²) in [6, 6.07) is 12.9. The SMILES string of the molecule is CCCCCCCCc1ccc(OC(=O)NCCCCCCNC(=O)Oc2ccc(CCCCCCCC)cc2CCCCCCCC)c(CCCCCCCC)c1. The summed E-state index contributed by atoms with van der Waals surface area (Å²) in [6.07, 6.45) is 37.5. The van der Waals surface area contributed by atoms with Gasteiger partial charge in [-0.15, -0.1) is 0 Å². The van der Waals surface area contributed by atoms with Crippen LogP contribution in [0.3, 0.4) is 0 Å². The summed E-state index contributed by atoms with van der Waals surface area (Å²) in [7, 11) is 0. The Balaban J connectivity index is 1.73. The minimum Gasteiger partial charge on any atom is -0.410 e. The molecule has 330 valence electrons. The van der Waals surface area contributed by atoms with Gasteiger partial charge in [-0.3, -0.25) is 0 Å². The molecule has 6 heteroatoms. The molecule has 0 atom stereocenters. The molecule has 0 saturated heterocycles. The third-order valence-corrected chi connectivity index (χ3v) is 11.5. The standard InChI is InChI=1S/C52H88N2O4/c1-5-9-13-17-21-27-33-45-37-39-49(47(43-45)35-29-23-19-15-11-7-3)57-51(55)53-41-31-25-26-32-42-54-52(56)58-50-40-38-46(34-28-22-18-14-10-6-2)44-48(50)36-30-24-20-16-12-8-4/h37-40,43-44H,5-36,41-42H2,1-4H3,(H,53,55)(H,54,56). The Morgan fingerprint density at radius 1 is 0.379 bits per heavy atom. The van der Waals surface area contributed by atoms with E-state index in [-0.39, 0.29) is 12.2 Å². The lowest BCUT2D eigenvalue weighted by Gasteiger charge is -2.14. The summed E-state index contributed by atoms with van der Waals surface area (Å²) in [5.74, 6) is 1.41. The number of aryl methyl sites for hydroxylation is 4. The van der Waals surface area contributed by atoms with E-state index in [1.807, 2.05) is 12.1 Å². The molecule has 6 nitrogen and oxygen atoms in total. The second-order valence-electron chi connectivity index (χ2n) is 17.0. The van der Waals surface area contributed by atoms with Gasteiger partial charge in [-0.25, -0.2) is 9.59 Å². The molecule has 0 spiro atoms. The van der Waals surface area contributed by atoms with Crippen LogP contribution in [-0.4, -0.2) is 25.3 Å². The lowest BCUT2D eigenvalue weighted by molar-refractivity contribution is 0.198. The molecule has 2 rings (SSSR count). The Hall–Kier alpha value is -3.02. The minimum absolute atomic E-state index is 0.372. The van der Waals surface area contributed by atoms with Gasteiger partial charge in [-0.05, 0) is 98.6 Å². The minimum atomic E-state index is -0.372. The first-order chi connectivity index (χ1) is 28.5. The van der Waals surface area contributed by atoms with Crippen molar-refractivity contribution in [2.75, 3.05) is 13.1 Å². The Morgan fingerprint density at radius 3 is 1.02 bits per heavy atom. The maximum atomic E-state index is 12.8. The number of amides is 2. The molecule has 0 bridgehead atoms. The van der Waals surface area contributed by atoms with Crippen molar-refractivity contribution in [1.29, 1.82) is 0 Å². The third kappa shape index (κ3) is 26.2. The molecular weight excluding hydrogens is 717 g/mol. The fourth-order valence-electron chi connectivity index (χ4n) is 7.83. The third-order valence-electron chi connectivity index (χ3n) is 11.5. The van der Waals surface area contributed by atoms with Crippen molar-refractivity contribution in [1.82, 2.24) is 10.6 Å². The molecule has 0 unspecified atom stereocenters. The summed E-state index contributed by atoms with van der Waals surface area (Å²) in [4.78, 5) is 25.6. The van der Waals surface area contributed by atoms with Crippen LogP contribution in [-0.2, 0) is 25.7 Å². The van der Waals surface area contributed by atoms with Gasteiger partial charge >= 0.3 is 12.2 Å². The number of rotatable bonds is 37. The van der Waals surface area contributed by atoms with E-state index in [1.165, 1.54) is 152 Å². The van der Waals surface area contributed by atoms with E-state index in [9.17, 15) is 9.59 Å². The zero-order valence-corrected chi connectivity index (χ0v) is 38.1. The first-order valence-corrected chi connectivity index (χ1v) is 24.7. The molecule has 2 aromatic rings. The molecule has 0 aromatic heterocycles. The summed E-state index contributed by atoms with van der Waals surface area (Å²) < 4.78 is 11.7. The summed E-state index contributed by atoms with van der Waals surface area (Å²) >= 11 is 0. The van der Waals surface area contributed by atoms with E-state index >= 15 is 0 Å². The Bertz CT molecular complexity index is 1210. The average molecular weight is 805 g/mol. The van der Waals surface area contributed by atoms with Gasteiger partial charge in [0.15, 0.2) is 0 Å². The maximum Gasteiger partial charge on any atom is 0.412 e. The highest BCUT2D eigenvalue weighted by Crippen LogP contribution is 2.26. The van der Waals surface area contributed by atoms with Gasteiger partial charge < -0.3 is 20.1 Å². The molecular formula is C52H88N2O4. The van der Waals surface area contributed by atoms with E-state index in [1.54, 1.807) is 0 Å². The van der Waals surface area contributed by atoms with Crippen molar-refractivity contribution in [2.24, 2.45) is 0 Å². The highest BCUT2D eigenvalue weighted by Gasteiger charge is 2.13. The zero-order chi connectivity index (χ0) is 41.7. The van der Waals surface area contributed by atoms with Gasteiger partial charge in [0.25, 0.3) is 0 Å². The molecule has 0 aliphatic carbocycles. The lowest BCUT2D eigenvalue weighted by atomic mass is 9.99. The predicted octanol–water partition coefficient (Wildman–Crippen LogP) is 15.7. The molecule has 0 saturated carbocycles. The van der Waals surface area contributed by atoms with E-state index in [2.05, 4.69) is 62.6 Å². The number of unbranched alkanes of at least 4 members (excludes halogenated alkanes) is 23. The quantitative estimate of drug-likeness (QED) is 0.0667.